The summed E-state index contributed by atoms with van der Waals surface area (Å²) in [5.41, 5.74) is 15.4. The molecule has 3 aromatic rings. The van der Waals surface area contributed by atoms with Crippen LogP contribution in [0.4, 0.5) is 0 Å². The zero-order valence-corrected chi connectivity index (χ0v) is 15.4. The van der Waals surface area contributed by atoms with Crippen molar-refractivity contribution in [2.24, 2.45) is 21.8 Å². The summed E-state index contributed by atoms with van der Waals surface area (Å²) in [6, 6.07) is 26.7. The summed E-state index contributed by atoms with van der Waals surface area (Å²) < 4.78 is 0. The van der Waals surface area contributed by atoms with E-state index in [1.807, 2.05) is 84.9 Å². The van der Waals surface area contributed by atoms with Gasteiger partial charge < -0.3 is 21.1 Å². The molecule has 0 aliphatic rings. The molecule has 142 valence electrons. The van der Waals surface area contributed by atoms with E-state index in [0.29, 0.717) is 24.9 Å². The Bertz CT molecular complexity index is 845. The van der Waals surface area contributed by atoms with E-state index < -0.39 is 0 Å². The largest absolute Gasteiger partial charge is 0.389 e. The molecule has 6 nitrogen and oxygen atoms in total. The molecular formula is C22H22N4O2. The van der Waals surface area contributed by atoms with Crippen LogP contribution in [-0.2, 0) is 22.9 Å². The van der Waals surface area contributed by atoms with Crippen LogP contribution in [0.2, 0.25) is 0 Å². The molecule has 0 saturated carbocycles. The molecule has 3 aromatic carbocycles. The minimum absolute atomic E-state index is 0.327. The van der Waals surface area contributed by atoms with E-state index in [9.17, 15) is 0 Å². The second-order valence-electron chi connectivity index (χ2n) is 6.05. The van der Waals surface area contributed by atoms with E-state index in [4.69, 9.17) is 21.1 Å². The molecule has 0 heterocycles. The van der Waals surface area contributed by atoms with Crippen molar-refractivity contribution in [3.63, 3.8) is 0 Å². The van der Waals surface area contributed by atoms with Crippen molar-refractivity contribution in [3.05, 3.63) is 107 Å². The van der Waals surface area contributed by atoms with Crippen molar-refractivity contribution in [3.8, 4) is 0 Å². The smallest absolute Gasteiger partial charge is 0.170 e. The molecule has 0 spiro atoms. The number of benzene rings is 3. The summed E-state index contributed by atoms with van der Waals surface area (Å²) >= 11 is 0. The van der Waals surface area contributed by atoms with Gasteiger partial charge in [0.25, 0.3) is 0 Å². The molecule has 0 unspecified atom stereocenters. The van der Waals surface area contributed by atoms with Gasteiger partial charge in [0, 0.05) is 11.1 Å². The molecule has 0 aliphatic heterocycles. The van der Waals surface area contributed by atoms with Crippen LogP contribution >= 0.6 is 0 Å². The SMILES string of the molecule is N/C(=N\OCc1ccc(CO/N=C(\N)c2ccccc2)cc1)c1ccccc1. The molecule has 0 saturated heterocycles. The number of nitrogens with two attached hydrogens (primary N) is 2. The van der Waals surface area contributed by atoms with E-state index in [-0.39, 0.29) is 0 Å². The van der Waals surface area contributed by atoms with Crippen molar-refractivity contribution in [1.29, 1.82) is 0 Å². The highest BCUT2D eigenvalue weighted by Gasteiger charge is 2.00. The Labute approximate surface area is 164 Å². The Morgan fingerprint density at radius 1 is 0.571 bits per heavy atom. The van der Waals surface area contributed by atoms with Gasteiger partial charge in [-0.05, 0) is 11.1 Å². The first-order valence-corrected chi connectivity index (χ1v) is 8.82. The van der Waals surface area contributed by atoms with Crippen LogP contribution in [0.25, 0.3) is 0 Å². The fraction of sp³-hybridized carbons (Fsp3) is 0.0909. The van der Waals surface area contributed by atoms with Crippen LogP contribution < -0.4 is 11.5 Å². The van der Waals surface area contributed by atoms with E-state index in [1.54, 1.807) is 0 Å². The zero-order valence-electron chi connectivity index (χ0n) is 15.4. The first kappa shape index (κ1) is 19.0. The van der Waals surface area contributed by atoms with Gasteiger partial charge in [0.1, 0.15) is 13.2 Å². The number of amidine groups is 2. The van der Waals surface area contributed by atoms with Gasteiger partial charge in [-0.25, -0.2) is 0 Å². The Morgan fingerprint density at radius 3 is 1.29 bits per heavy atom. The Kier molecular flexibility index (Phi) is 6.62. The van der Waals surface area contributed by atoms with Crippen LogP contribution in [0.5, 0.6) is 0 Å². The van der Waals surface area contributed by atoms with Crippen molar-refractivity contribution in [2.45, 2.75) is 13.2 Å². The molecule has 0 amide bonds. The Balaban J connectivity index is 1.47. The van der Waals surface area contributed by atoms with Crippen LogP contribution in [0.15, 0.2) is 95.2 Å². The monoisotopic (exact) mass is 374 g/mol. The average Bonchev–Trinajstić information content (AvgIpc) is 2.76. The lowest BCUT2D eigenvalue weighted by Gasteiger charge is -2.05. The number of hydrogen-bond donors (Lipinski definition) is 2. The van der Waals surface area contributed by atoms with E-state index in [2.05, 4.69) is 10.3 Å². The minimum Gasteiger partial charge on any atom is -0.389 e. The molecule has 0 aromatic heterocycles. The fourth-order valence-electron chi connectivity index (χ4n) is 2.41. The van der Waals surface area contributed by atoms with Crippen molar-refractivity contribution in [1.82, 2.24) is 0 Å². The van der Waals surface area contributed by atoms with Gasteiger partial charge in [-0.15, -0.1) is 0 Å². The van der Waals surface area contributed by atoms with Crippen LogP contribution in [0.1, 0.15) is 22.3 Å². The molecule has 6 heteroatoms. The number of nitrogens with zero attached hydrogens (tertiary/aromatic N) is 2. The third-order valence-electron chi connectivity index (χ3n) is 3.95. The lowest BCUT2D eigenvalue weighted by molar-refractivity contribution is 0.128. The summed E-state index contributed by atoms with van der Waals surface area (Å²) in [6.07, 6.45) is 0. The van der Waals surface area contributed by atoms with Gasteiger partial charge in [0.05, 0.1) is 0 Å². The van der Waals surface area contributed by atoms with Crippen LogP contribution in [0.3, 0.4) is 0 Å². The molecule has 0 atom stereocenters. The third kappa shape index (κ3) is 5.60. The highest BCUT2D eigenvalue weighted by Crippen LogP contribution is 2.08. The molecular weight excluding hydrogens is 352 g/mol. The Hall–Kier alpha value is -3.80. The van der Waals surface area contributed by atoms with Crippen molar-refractivity contribution in [2.75, 3.05) is 0 Å². The van der Waals surface area contributed by atoms with Gasteiger partial charge in [-0.1, -0.05) is 95.2 Å². The molecule has 0 bridgehead atoms. The van der Waals surface area contributed by atoms with Gasteiger partial charge in [-0.3, -0.25) is 0 Å². The van der Waals surface area contributed by atoms with E-state index >= 15 is 0 Å². The predicted octanol–water partition coefficient (Wildman–Crippen LogP) is 3.36. The molecule has 0 aliphatic carbocycles. The first-order valence-electron chi connectivity index (χ1n) is 8.82. The summed E-state index contributed by atoms with van der Waals surface area (Å²) in [5.74, 6) is 0.693. The average molecular weight is 374 g/mol. The first-order chi connectivity index (χ1) is 13.7. The van der Waals surface area contributed by atoms with E-state index in [0.717, 1.165) is 22.3 Å². The summed E-state index contributed by atoms with van der Waals surface area (Å²) in [5, 5.41) is 7.90. The Morgan fingerprint density at radius 2 is 0.929 bits per heavy atom. The standard InChI is InChI=1S/C22H22N4O2/c23-21(19-7-3-1-4-8-19)25-27-15-17-11-13-18(14-12-17)16-28-26-22(24)20-9-5-2-6-10-20/h1-14H,15-16H2,(H2,23,25)(H2,24,26). The lowest BCUT2D eigenvalue weighted by Crippen LogP contribution is -2.13. The molecule has 28 heavy (non-hydrogen) atoms. The predicted molar refractivity (Wildman–Crippen MR) is 110 cm³/mol. The maximum absolute atomic E-state index is 5.89. The fourth-order valence-corrected chi connectivity index (χ4v) is 2.41. The third-order valence-corrected chi connectivity index (χ3v) is 3.95. The topological polar surface area (TPSA) is 95.2 Å². The maximum Gasteiger partial charge on any atom is 0.170 e. The normalized spacial score (nSPS) is 11.9. The van der Waals surface area contributed by atoms with Crippen LogP contribution in [-0.4, -0.2) is 11.7 Å². The zero-order chi connectivity index (χ0) is 19.6. The minimum atomic E-state index is 0.327. The number of hydrogen-bond acceptors (Lipinski definition) is 4. The van der Waals surface area contributed by atoms with Crippen molar-refractivity contribution < 1.29 is 9.68 Å². The van der Waals surface area contributed by atoms with Gasteiger partial charge in [-0.2, -0.15) is 0 Å². The highest BCUT2D eigenvalue weighted by molar-refractivity contribution is 5.97. The van der Waals surface area contributed by atoms with Gasteiger partial charge >= 0.3 is 0 Å². The quantitative estimate of drug-likeness (QED) is 0.359. The second-order valence-corrected chi connectivity index (χ2v) is 6.05. The van der Waals surface area contributed by atoms with Gasteiger partial charge in [0.15, 0.2) is 11.7 Å². The number of rotatable bonds is 8. The summed E-state index contributed by atoms with van der Waals surface area (Å²) in [6.45, 7) is 0.654. The van der Waals surface area contributed by atoms with Crippen LogP contribution in [0, 0.1) is 0 Å². The van der Waals surface area contributed by atoms with E-state index in [1.165, 1.54) is 0 Å². The highest BCUT2D eigenvalue weighted by atomic mass is 16.6. The van der Waals surface area contributed by atoms with Crippen molar-refractivity contribution >= 4 is 11.7 Å². The summed E-state index contributed by atoms with van der Waals surface area (Å²) in [7, 11) is 0. The molecule has 0 radical (unpaired) electrons. The maximum atomic E-state index is 5.89. The lowest BCUT2D eigenvalue weighted by atomic mass is 10.1. The summed E-state index contributed by atoms with van der Waals surface area (Å²) in [4.78, 5) is 10.7. The molecule has 3 rings (SSSR count). The second kappa shape index (κ2) is 9.78. The molecule has 4 N–H and O–H groups in total. The molecule has 0 fully saturated rings. The number of oxime groups is 2. The van der Waals surface area contributed by atoms with Gasteiger partial charge in [0.2, 0.25) is 0 Å².